The average molecular weight is 260 g/mol. The van der Waals surface area contributed by atoms with Gasteiger partial charge in [-0.05, 0) is 25.6 Å². The van der Waals surface area contributed by atoms with Crippen molar-refractivity contribution in [1.29, 1.82) is 0 Å². The quantitative estimate of drug-likeness (QED) is 0.762. The zero-order chi connectivity index (χ0) is 14.1. The van der Waals surface area contributed by atoms with E-state index >= 15 is 0 Å². The van der Waals surface area contributed by atoms with Crippen LogP contribution in [0.1, 0.15) is 18.1 Å². The number of benzene rings is 1. The van der Waals surface area contributed by atoms with E-state index in [1.807, 2.05) is 43.1 Å². The lowest BCUT2D eigenvalue weighted by atomic mass is 10.1. The smallest absolute Gasteiger partial charge is 0.234 e. The largest absolute Gasteiger partial charge is 0.384 e. The first-order valence-corrected chi connectivity index (χ1v) is 6.30. The number of rotatable bonds is 5. The third-order valence-electron chi connectivity index (χ3n) is 2.55. The molecule has 0 aliphatic heterocycles. The molecule has 1 aromatic carbocycles. The maximum absolute atomic E-state index is 11.5. The molecule has 0 fully saturated rings. The van der Waals surface area contributed by atoms with E-state index in [-0.39, 0.29) is 12.5 Å². The highest BCUT2D eigenvalue weighted by atomic mass is 16.2. The van der Waals surface area contributed by atoms with Gasteiger partial charge in [-0.3, -0.25) is 9.69 Å². The van der Waals surface area contributed by atoms with Crippen molar-refractivity contribution < 1.29 is 9.90 Å². The van der Waals surface area contributed by atoms with Crippen LogP contribution in [0.3, 0.4) is 0 Å². The van der Waals surface area contributed by atoms with Crippen LogP contribution in [-0.4, -0.2) is 42.7 Å². The minimum absolute atomic E-state index is 0.0175. The summed E-state index contributed by atoms with van der Waals surface area (Å²) in [5.41, 5.74) is 1.94. The molecule has 4 nitrogen and oxygen atoms in total. The third-order valence-corrected chi connectivity index (χ3v) is 2.55. The lowest BCUT2D eigenvalue weighted by Gasteiger charge is -2.17. The van der Waals surface area contributed by atoms with E-state index in [0.717, 1.165) is 11.1 Å². The molecule has 0 saturated carbocycles. The highest BCUT2D eigenvalue weighted by Crippen LogP contribution is 2.09. The number of carbonyl (C=O) groups excluding carboxylic acids is 1. The van der Waals surface area contributed by atoms with Gasteiger partial charge in [-0.25, -0.2) is 0 Å². The summed E-state index contributed by atoms with van der Waals surface area (Å²) in [6.07, 6.45) is 0. The number of carbonyl (C=O) groups is 1. The maximum atomic E-state index is 11.5. The van der Waals surface area contributed by atoms with E-state index in [4.69, 9.17) is 5.11 Å². The normalized spacial score (nSPS) is 9.89. The maximum Gasteiger partial charge on any atom is 0.234 e. The Labute approximate surface area is 114 Å². The van der Waals surface area contributed by atoms with Gasteiger partial charge in [0, 0.05) is 18.7 Å². The Morgan fingerprint density at radius 2 is 2.16 bits per heavy atom. The van der Waals surface area contributed by atoms with Gasteiger partial charge < -0.3 is 10.4 Å². The summed E-state index contributed by atoms with van der Waals surface area (Å²) < 4.78 is 0. The number of nitrogens with zero attached hydrogens (tertiary/aromatic N) is 1. The Hall–Kier alpha value is -1.83. The van der Waals surface area contributed by atoms with Crippen LogP contribution in [-0.2, 0) is 11.3 Å². The Morgan fingerprint density at radius 1 is 1.42 bits per heavy atom. The summed E-state index contributed by atoms with van der Waals surface area (Å²) in [7, 11) is 1.89. The van der Waals surface area contributed by atoms with E-state index in [2.05, 4.69) is 17.2 Å². The van der Waals surface area contributed by atoms with Crippen LogP contribution in [0.15, 0.2) is 24.3 Å². The van der Waals surface area contributed by atoms with Gasteiger partial charge in [-0.2, -0.15) is 0 Å². The molecule has 1 rings (SSSR count). The van der Waals surface area contributed by atoms with Crippen LogP contribution in [0.4, 0.5) is 0 Å². The predicted molar refractivity (Wildman–Crippen MR) is 75.4 cm³/mol. The number of aliphatic hydroxyl groups excluding tert-OH is 1. The zero-order valence-electron chi connectivity index (χ0n) is 11.4. The summed E-state index contributed by atoms with van der Waals surface area (Å²) in [4.78, 5) is 13.4. The highest BCUT2D eigenvalue weighted by molar-refractivity contribution is 5.77. The topological polar surface area (TPSA) is 52.6 Å². The van der Waals surface area contributed by atoms with Gasteiger partial charge in [0.1, 0.15) is 6.61 Å². The fourth-order valence-corrected chi connectivity index (χ4v) is 1.76. The predicted octanol–water partition coefficient (Wildman–Crippen LogP) is 0.598. The molecular formula is C15H20N2O2. The first-order valence-electron chi connectivity index (χ1n) is 6.30. The molecule has 0 heterocycles. The molecule has 0 unspecified atom stereocenters. The SMILES string of the molecule is CCNC(=O)CN(C)Cc1ccccc1C#CCO. The van der Waals surface area contributed by atoms with E-state index in [9.17, 15) is 4.79 Å². The second-order valence-corrected chi connectivity index (χ2v) is 4.24. The number of aliphatic hydroxyl groups is 1. The first-order chi connectivity index (χ1) is 9.17. The van der Waals surface area contributed by atoms with Crippen molar-refractivity contribution in [3.63, 3.8) is 0 Å². The molecule has 0 saturated heterocycles. The van der Waals surface area contributed by atoms with Crippen molar-refractivity contribution in [3.05, 3.63) is 35.4 Å². The van der Waals surface area contributed by atoms with Crippen molar-refractivity contribution in [2.75, 3.05) is 26.7 Å². The zero-order valence-corrected chi connectivity index (χ0v) is 11.4. The Morgan fingerprint density at radius 3 is 2.84 bits per heavy atom. The van der Waals surface area contributed by atoms with Crippen molar-refractivity contribution in [2.24, 2.45) is 0 Å². The Balaban J connectivity index is 2.68. The molecule has 0 spiro atoms. The summed E-state index contributed by atoms with van der Waals surface area (Å²) >= 11 is 0. The monoisotopic (exact) mass is 260 g/mol. The summed E-state index contributed by atoms with van der Waals surface area (Å²) in [5, 5.41) is 11.5. The fourth-order valence-electron chi connectivity index (χ4n) is 1.76. The van der Waals surface area contributed by atoms with Gasteiger partial charge in [0.25, 0.3) is 0 Å². The lowest BCUT2D eigenvalue weighted by molar-refractivity contribution is -0.121. The molecule has 0 atom stereocenters. The second-order valence-electron chi connectivity index (χ2n) is 4.24. The summed E-state index contributed by atoms with van der Waals surface area (Å²) in [6, 6.07) is 7.75. The number of hydrogen-bond donors (Lipinski definition) is 2. The molecule has 19 heavy (non-hydrogen) atoms. The number of amides is 1. The van der Waals surface area contributed by atoms with Crippen LogP contribution in [0.5, 0.6) is 0 Å². The van der Waals surface area contributed by atoms with Crippen LogP contribution in [0.2, 0.25) is 0 Å². The molecule has 4 heteroatoms. The van der Waals surface area contributed by atoms with Gasteiger partial charge in [-0.15, -0.1) is 0 Å². The third kappa shape index (κ3) is 5.56. The van der Waals surface area contributed by atoms with Crippen LogP contribution in [0, 0.1) is 11.8 Å². The molecule has 0 bridgehead atoms. The molecule has 1 aromatic rings. The van der Waals surface area contributed by atoms with Gasteiger partial charge in [0.2, 0.25) is 5.91 Å². The summed E-state index contributed by atoms with van der Waals surface area (Å²) in [6.45, 7) is 3.40. The molecule has 1 amide bonds. The van der Waals surface area contributed by atoms with Gasteiger partial charge in [0.05, 0.1) is 6.54 Å². The molecule has 0 aliphatic rings. The molecule has 0 aromatic heterocycles. The van der Waals surface area contributed by atoms with Crippen LogP contribution in [0.25, 0.3) is 0 Å². The number of nitrogens with one attached hydrogen (secondary N) is 1. The van der Waals surface area contributed by atoms with Crippen molar-refractivity contribution in [3.8, 4) is 11.8 Å². The molecule has 102 valence electrons. The summed E-state index contributed by atoms with van der Waals surface area (Å²) in [5.74, 6) is 5.58. The minimum Gasteiger partial charge on any atom is -0.384 e. The van der Waals surface area contributed by atoms with Gasteiger partial charge in [0.15, 0.2) is 0 Å². The van der Waals surface area contributed by atoms with Gasteiger partial charge in [-0.1, -0.05) is 30.0 Å². The van der Waals surface area contributed by atoms with E-state index in [1.165, 1.54) is 0 Å². The second kappa shape index (κ2) is 8.30. The lowest BCUT2D eigenvalue weighted by Crippen LogP contribution is -2.34. The van der Waals surface area contributed by atoms with Crippen molar-refractivity contribution in [2.45, 2.75) is 13.5 Å². The van der Waals surface area contributed by atoms with Crippen molar-refractivity contribution in [1.82, 2.24) is 10.2 Å². The standard InChI is InChI=1S/C15H20N2O2/c1-3-16-15(19)12-17(2)11-14-8-5-4-7-13(14)9-6-10-18/h4-5,7-8,18H,3,10-12H2,1-2H3,(H,16,19). The average Bonchev–Trinajstić information content (AvgIpc) is 2.37. The fraction of sp³-hybridized carbons (Fsp3) is 0.400. The van der Waals surface area contributed by atoms with Crippen molar-refractivity contribution >= 4 is 5.91 Å². The van der Waals surface area contributed by atoms with E-state index < -0.39 is 0 Å². The minimum atomic E-state index is -0.150. The first kappa shape index (κ1) is 15.2. The molecular weight excluding hydrogens is 240 g/mol. The van der Waals surface area contributed by atoms with Gasteiger partial charge >= 0.3 is 0 Å². The number of hydrogen-bond acceptors (Lipinski definition) is 3. The number of likely N-dealkylation sites (N-methyl/N-ethyl adjacent to an activating group) is 2. The highest BCUT2D eigenvalue weighted by Gasteiger charge is 2.07. The molecule has 0 radical (unpaired) electrons. The van der Waals surface area contributed by atoms with Crippen LogP contribution >= 0.6 is 0 Å². The Bertz CT molecular complexity index is 475. The van der Waals surface area contributed by atoms with E-state index in [0.29, 0.717) is 19.6 Å². The molecule has 0 aliphatic carbocycles. The van der Waals surface area contributed by atoms with Crippen LogP contribution < -0.4 is 5.32 Å². The molecule has 2 N–H and O–H groups in total. The van der Waals surface area contributed by atoms with E-state index in [1.54, 1.807) is 0 Å². The Kier molecular flexibility index (Phi) is 6.65.